The average Bonchev–Trinajstić information content (AvgIpc) is 3.09. The SMILES string of the molecule is CCCC[C@@H]1CCC[C@@H]1NCc1noc2c1CCCC2. The lowest BCUT2D eigenvalue weighted by Gasteiger charge is -2.20. The Kier molecular flexibility index (Phi) is 4.77. The van der Waals surface area contributed by atoms with Gasteiger partial charge in [0, 0.05) is 24.6 Å². The van der Waals surface area contributed by atoms with E-state index in [2.05, 4.69) is 17.4 Å². The van der Waals surface area contributed by atoms with Crippen LogP contribution < -0.4 is 5.32 Å². The van der Waals surface area contributed by atoms with E-state index in [9.17, 15) is 0 Å². The molecule has 1 fully saturated rings. The Hall–Kier alpha value is -0.830. The quantitative estimate of drug-likeness (QED) is 0.853. The van der Waals surface area contributed by atoms with Crippen LogP contribution in [0, 0.1) is 5.92 Å². The lowest BCUT2D eigenvalue weighted by molar-refractivity contribution is 0.350. The van der Waals surface area contributed by atoms with E-state index in [0.717, 1.165) is 24.6 Å². The van der Waals surface area contributed by atoms with Crippen LogP contribution >= 0.6 is 0 Å². The van der Waals surface area contributed by atoms with E-state index in [1.807, 2.05) is 0 Å². The Morgan fingerprint density at radius 1 is 1.20 bits per heavy atom. The molecule has 0 radical (unpaired) electrons. The third-order valence-corrected chi connectivity index (χ3v) is 5.15. The van der Waals surface area contributed by atoms with Gasteiger partial charge in [0.25, 0.3) is 0 Å². The number of fused-ring (bicyclic) bond motifs is 1. The second kappa shape index (κ2) is 6.75. The summed E-state index contributed by atoms with van der Waals surface area (Å²) in [5.74, 6) is 2.04. The molecule has 1 saturated carbocycles. The molecule has 3 rings (SSSR count). The van der Waals surface area contributed by atoms with Gasteiger partial charge in [-0.15, -0.1) is 0 Å². The van der Waals surface area contributed by atoms with Gasteiger partial charge < -0.3 is 9.84 Å². The molecular formula is C17H28N2O. The van der Waals surface area contributed by atoms with Crippen LogP contribution in [0.1, 0.15) is 75.3 Å². The molecule has 1 heterocycles. The predicted molar refractivity (Wildman–Crippen MR) is 80.6 cm³/mol. The third-order valence-electron chi connectivity index (χ3n) is 5.15. The second-order valence-electron chi connectivity index (χ2n) is 6.56. The fourth-order valence-electron chi connectivity index (χ4n) is 3.93. The smallest absolute Gasteiger partial charge is 0.140 e. The van der Waals surface area contributed by atoms with Crippen molar-refractivity contribution in [2.24, 2.45) is 5.92 Å². The first-order chi connectivity index (χ1) is 9.88. The van der Waals surface area contributed by atoms with E-state index in [-0.39, 0.29) is 0 Å². The summed E-state index contributed by atoms with van der Waals surface area (Å²) < 4.78 is 5.50. The number of unbranched alkanes of at least 4 members (excludes halogenated alkanes) is 1. The molecular weight excluding hydrogens is 248 g/mol. The van der Waals surface area contributed by atoms with Crippen LogP contribution in [0.25, 0.3) is 0 Å². The highest BCUT2D eigenvalue weighted by atomic mass is 16.5. The Bertz CT molecular complexity index is 427. The van der Waals surface area contributed by atoms with Crippen LogP contribution in [0.5, 0.6) is 0 Å². The molecule has 2 aliphatic carbocycles. The molecule has 3 heteroatoms. The van der Waals surface area contributed by atoms with Gasteiger partial charge in [-0.25, -0.2) is 0 Å². The van der Waals surface area contributed by atoms with E-state index in [4.69, 9.17) is 4.52 Å². The lowest BCUT2D eigenvalue weighted by atomic mass is 9.95. The van der Waals surface area contributed by atoms with Crippen LogP contribution in [0.2, 0.25) is 0 Å². The number of aromatic nitrogens is 1. The number of nitrogens with zero attached hydrogens (tertiary/aromatic N) is 1. The van der Waals surface area contributed by atoms with E-state index < -0.39 is 0 Å². The van der Waals surface area contributed by atoms with Crippen LogP contribution in [-0.2, 0) is 19.4 Å². The summed E-state index contributed by atoms with van der Waals surface area (Å²) in [5, 5.41) is 8.08. The fourth-order valence-corrected chi connectivity index (χ4v) is 3.93. The van der Waals surface area contributed by atoms with E-state index in [1.165, 1.54) is 69.0 Å². The third kappa shape index (κ3) is 3.08. The second-order valence-corrected chi connectivity index (χ2v) is 6.56. The van der Waals surface area contributed by atoms with E-state index in [1.54, 1.807) is 0 Å². The van der Waals surface area contributed by atoms with Crippen molar-refractivity contribution < 1.29 is 4.52 Å². The minimum absolute atomic E-state index is 0.706. The van der Waals surface area contributed by atoms with Gasteiger partial charge in [0.1, 0.15) is 11.5 Å². The normalized spacial score (nSPS) is 25.9. The number of hydrogen-bond acceptors (Lipinski definition) is 3. The molecule has 0 bridgehead atoms. The Morgan fingerprint density at radius 3 is 3.00 bits per heavy atom. The van der Waals surface area contributed by atoms with Crippen molar-refractivity contribution in [1.82, 2.24) is 10.5 Å². The van der Waals surface area contributed by atoms with Gasteiger partial charge in [-0.05, 0) is 44.4 Å². The summed E-state index contributed by atoms with van der Waals surface area (Å²) in [7, 11) is 0. The Morgan fingerprint density at radius 2 is 2.10 bits per heavy atom. The van der Waals surface area contributed by atoms with E-state index in [0.29, 0.717) is 6.04 Å². The van der Waals surface area contributed by atoms with Crippen LogP contribution in [0.3, 0.4) is 0 Å². The molecule has 2 atom stereocenters. The number of aryl methyl sites for hydroxylation is 1. The molecule has 112 valence electrons. The summed E-state index contributed by atoms with van der Waals surface area (Å²) in [5.41, 5.74) is 2.59. The van der Waals surface area contributed by atoms with Crippen molar-refractivity contribution in [3.8, 4) is 0 Å². The fraction of sp³-hybridized carbons (Fsp3) is 0.824. The van der Waals surface area contributed by atoms with Gasteiger partial charge in [-0.3, -0.25) is 0 Å². The van der Waals surface area contributed by atoms with Gasteiger partial charge in [0.05, 0.1) is 0 Å². The summed E-state index contributed by atoms with van der Waals surface area (Å²) in [6.45, 7) is 3.20. The summed E-state index contributed by atoms with van der Waals surface area (Å²) in [6, 6.07) is 0.706. The topological polar surface area (TPSA) is 38.1 Å². The van der Waals surface area contributed by atoms with Gasteiger partial charge >= 0.3 is 0 Å². The molecule has 1 aromatic rings. The predicted octanol–water partition coefficient (Wildman–Crippen LogP) is 4.00. The highest BCUT2D eigenvalue weighted by Crippen LogP contribution is 2.30. The largest absolute Gasteiger partial charge is 0.361 e. The zero-order chi connectivity index (χ0) is 13.8. The van der Waals surface area contributed by atoms with Crippen molar-refractivity contribution in [3.63, 3.8) is 0 Å². The van der Waals surface area contributed by atoms with E-state index >= 15 is 0 Å². The first-order valence-electron chi connectivity index (χ1n) is 8.58. The molecule has 0 saturated heterocycles. The van der Waals surface area contributed by atoms with Crippen molar-refractivity contribution >= 4 is 0 Å². The molecule has 0 aliphatic heterocycles. The highest BCUT2D eigenvalue weighted by molar-refractivity contribution is 5.25. The highest BCUT2D eigenvalue weighted by Gasteiger charge is 2.27. The minimum atomic E-state index is 0.706. The van der Waals surface area contributed by atoms with Crippen molar-refractivity contribution in [3.05, 3.63) is 17.0 Å². The Balaban J connectivity index is 1.55. The van der Waals surface area contributed by atoms with Gasteiger partial charge in [-0.1, -0.05) is 31.3 Å². The monoisotopic (exact) mass is 276 g/mol. The zero-order valence-corrected chi connectivity index (χ0v) is 12.8. The summed E-state index contributed by atoms with van der Waals surface area (Å²) in [4.78, 5) is 0. The molecule has 0 amide bonds. The molecule has 0 aromatic carbocycles. The average molecular weight is 276 g/mol. The van der Waals surface area contributed by atoms with Crippen molar-refractivity contribution in [1.29, 1.82) is 0 Å². The molecule has 20 heavy (non-hydrogen) atoms. The number of rotatable bonds is 6. The maximum absolute atomic E-state index is 5.50. The molecule has 3 nitrogen and oxygen atoms in total. The molecule has 0 unspecified atom stereocenters. The molecule has 1 N–H and O–H groups in total. The maximum atomic E-state index is 5.50. The first kappa shape index (κ1) is 14.1. The lowest BCUT2D eigenvalue weighted by Crippen LogP contribution is -2.32. The molecule has 2 aliphatic rings. The zero-order valence-electron chi connectivity index (χ0n) is 12.8. The van der Waals surface area contributed by atoms with Crippen LogP contribution in [0.15, 0.2) is 4.52 Å². The van der Waals surface area contributed by atoms with Gasteiger partial charge in [-0.2, -0.15) is 0 Å². The first-order valence-corrected chi connectivity index (χ1v) is 8.58. The van der Waals surface area contributed by atoms with Gasteiger partial charge in [0.15, 0.2) is 0 Å². The minimum Gasteiger partial charge on any atom is -0.361 e. The maximum Gasteiger partial charge on any atom is 0.140 e. The molecule has 1 aromatic heterocycles. The van der Waals surface area contributed by atoms with Crippen LogP contribution in [-0.4, -0.2) is 11.2 Å². The summed E-state index contributed by atoms with van der Waals surface area (Å²) in [6.07, 6.45) is 13.0. The molecule has 0 spiro atoms. The number of nitrogens with one attached hydrogen (secondary N) is 1. The Labute approximate surface area is 122 Å². The number of hydrogen-bond donors (Lipinski definition) is 1. The summed E-state index contributed by atoms with van der Waals surface area (Å²) >= 11 is 0. The standard InChI is InChI=1S/C17H28N2O/c1-2-3-7-13-8-6-10-15(13)18-12-16-14-9-4-5-11-17(14)20-19-16/h13,15,18H,2-12H2,1H3/t13-,15+/m1/s1. The van der Waals surface area contributed by atoms with Crippen molar-refractivity contribution in [2.45, 2.75) is 83.7 Å². The van der Waals surface area contributed by atoms with Crippen molar-refractivity contribution in [2.75, 3.05) is 0 Å². The van der Waals surface area contributed by atoms with Crippen LogP contribution in [0.4, 0.5) is 0 Å². The van der Waals surface area contributed by atoms with Gasteiger partial charge in [0.2, 0.25) is 0 Å².